The molecule has 6 heteroatoms. The minimum Gasteiger partial charge on any atom is -0.326 e. The van der Waals surface area contributed by atoms with Crippen LogP contribution in [0.3, 0.4) is 0 Å². The highest BCUT2D eigenvalue weighted by molar-refractivity contribution is 7.92. The number of rotatable bonds is 6. The Morgan fingerprint density at radius 2 is 1.72 bits per heavy atom. The van der Waals surface area contributed by atoms with Gasteiger partial charge in [-0.05, 0) is 55.7 Å². The monoisotopic (exact) mass is 360 g/mol. The van der Waals surface area contributed by atoms with Gasteiger partial charge in [0.15, 0.2) is 0 Å². The maximum absolute atomic E-state index is 12.2. The Hall–Kier alpha value is -2.34. The quantitative estimate of drug-likeness (QED) is 0.858. The molecule has 0 aliphatic carbocycles. The van der Waals surface area contributed by atoms with Crippen LogP contribution in [0.4, 0.5) is 11.4 Å². The Morgan fingerprint density at radius 3 is 2.36 bits per heavy atom. The van der Waals surface area contributed by atoms with Gasteiger partial charge in [-0.15, -0.1) is 0 Å². The Labute approximate surface area is 149 Å². The first-order chi connectivity index (χ1) is 11.7. The number of carbonyl (C=O) groups is 1. The highest BCUT2D eigenvalue weighted by Crippen LogP contribution is 2.24. The first-order valence-electron chi connectivity index (χ1n) is 8.08. The third-order valence-electron chi connectivity index (χ3n) is 3.88. The predicted molar refractivity (Wildman–Crippen MR) is 103 cm³/mol. The van der Waals surface area contributed by atoms with E-state index in [1.807, 2.05) is 63.2 Å². The maximum Gasteiger partial charge on any atom is 0.232 e. The molecule has 0 heterocycles. The molecular weight excluding hydrogens is 336 g/mol. The Bertz CT molecular complexity index is 876. The third-order valence-corrected chi connectivity index (χ3v) is 5.06. The van der Waals surface area contributed by atoms with Crippen LogP contribution in [0.25, 0.3) is 0 Å². The number of amides is 1. The molecule has 0 saturated heterocycles. The minimum absolute atomic E-state index is 0.0778. The van der Waals surface area contributed by atoms with E-state index in [1.165, 1.54) is 4.31 Å². The van der Waals surface area contributed by atoms with E-state index >= 15 is 0 Å². The number of benzene rings is 2. The van der Waals surface area contributed by atoms with Crippen LogP contribution in [0.1, 0.15) is 23.1 Å². The maximum atomic E-state index is 12.2. The summed E-state index contributed by atoms with van der Waals surface area (Å²) in [5.74, 6) is -0.218. The second kappa shape index (κ2) is 7.70. The Kier molecular flexibility index (Phi) is 5.85. The van der Waals surface area contributed by atoms with Gasteiger partial charge in [-0.1, -0.05) is 24.3 Å². The lowest BCUT2D eigenvalue weighted by Crippen LogP contribution is -2.33. The lowest BCUT2D eigenvalue weighted by atomic mass is 10.1. The highest BCUT2D eigenvalue weighted by atomic mass is 32.2. The summed E-state index contributed by atoms with van der Waals surface area (Å²) in [6.45, 7) is 5.82. The average Bonchev–Trinajstić information content (AvgIpc) is 2.49. The smallest absolute Gasteiger partial charge is 0.232 e. The lowest BCUT2D eigenvalue weighted by Gasteiger charge is -2.24. The fourth-order valence-corrected chi connectivity index (χ4v) is 3.58. The predicted octanol–water partition coefficient (Wildman–Crippen LogP) is 3.41. The number of nitrogens with zero attached hydrogens (tertiary/aromatic N) is 1. The zero-order valence-corrected chi connectivity index (χ0v) is 15.9. The van der Waals surface area contributed by atoms with Gasteiger partial charge in [-0.2, -0.15) is 0 Å². The molecule has 0 aliphatic rings. The first-order valence-corrected chi connectivity index (χ1v) is 9.93. The van der Waals surface area contributed by atoms with Gasteiger partial charge in [0.1, 0.15) is 0 Å². The van der Waals surface area contributed by atoms with Crippen molar-refractivity contribution in [3.05, 3.63) is 59.2 Å². The van der Waals surface area contributed by atoms with Gasteiger partial charge in [0.2, 0.25) is 15.9 Å². The molecule has 0 spiro atoms. The molecular formula is C19H24N2O3S. The summed E-state index contributed by atoms with van der Waals surface area (Å²) in [6, 6.07) is 13.1. The second-order valence-electron chi connectivity index (χ2n) is 6.29. The fraction of sp³-hybridized carbons (Fsp3) is 0.316. The van der Waals surface area contributed by atoms with Crippen molar-refractivity contribution in [3.8, 4) is 0 Å². The van der Waals surface area contributed by atoms with Crippen LogP contribution in [0.5, 0.6) is 0 Å². The van der Waals surface area contributed by atoms with Crippen LogP contribution in [0.2, 0.25) is 0 Å². The second-order valence-corrected chi connectivity index (χ2v) is 8.20. The number of carbonyl (C=O) groups excluding carboxylic acids is 1. The molecule has 0 unspecified atom stereocenters. The van der Waals surface area contributed by atoms with Crippen molar-refractivity contribution in [1.29, 1.82) is 0 Å². The van der Waals surface area contributed by atoms with Crippen LogP contribution in [0.15, 0.2) is 42.5 Å². The van der Waals surface area contributed by atoms with Crippen molar-refractivity contribution in [2.45, 2.75) is 27.2 Å². The van der Waals surface area contributed by atoms with Gasteiger partial charge in [0.25, 0.3) is 0 Å². The summed E-state index contributed by atoms with van der Waals surface area (Å²) in [5, 5.41) is 2.81. The molecule has 0 fully saturated rings. The highest BCUT2D eigenvalue weighted by Gasteiger charge is 2.20. The van der Waals surface area contributed by atoms with E-state index < -0.39 is 10.0 Å². The molecule has 0 saturated carbocycles. The molecule has 0 atom stereocenters. The fourth-order valence-electron chi connectivity index (χ4n) is 2.60. The summed E-state index contributed by atoms with van der Waals surface area (Å²) in [7, 11) is -3.48. The summed E-state index contributed by atoms with van der Waals surface area (Å²) >= 11 is 0. The van der Waals surface area contributed by atoms with E-state index in [1.54, 1.807) is 0 Å². The summed E-state index contributed by atoms with van der Waals surface area (Å²) in [6.07, 6.45) is 1.24. The first kappa shape index (κ1) is 19.0. The summed E-state index contributed by atoms with van der Waals surface area (Å²) < 4.78 is 25.7. The topological polar surface area (TPSA) is 66.5 Å². The molecule has 0 radical (unpaired) electrons. The van der Waals surface area contributed by atoms with Crippen LogP contribution < -0.4 is 9.62 Å². The zero-order chi connectivity index (χ0) is 18.6. The largest absolute Gasteiger partial charge is 0.326 e. The van der Waals surface area contributed by atoms with Crippen molar-refractivity contribution >= 4 is 27.3 Å². The number of aryl methyl sites for hydroxylation is 3. The number of nitrogens with one attached hydrogen (secondary N) is 1. The van der Waals surface area contributed by atoms with Crippen LogP contribution in [-0.4, -0.2) is 27.1 Å². The third kappa shape index (κ3) is 5.32. The molecule has 25 heavy (non-hydrogen) atoms. The molecule has 0 bridgehead atoms. The van der Waals surface area contributed by atoms with Gasteiger partial charge in [-0.25, -0.2) is 8.42 Å². The van der Waals surface area contributed by atoms with Gasteiger partial charge < -0.3 is 5.32 Å². The van der Waals surface area contributed by atoms with Gasteiger partial charge in [0, 0.05) is 18.7 Å². The van der Waals surface area contributed by atoms with E-state index in [9.17, 15) is 13.2 Å². The van der Waals surface area contributed by atoms with E-state index in [2.05, 4.69) is 5.32 Å². The molecule has 1 N–H and O–H groups in total. The van der Waals surface area contributed by atoms with Crippen molar-refractivity contribution in [2.75, 3.05) is 22.4 Å². The molecule has 2 aromatic rings. The normalized spacial score (nSPS) is 11.2. The van der Waals surface area contributed by atoms with E-state index in [-0.39, 0.29) is 18.9 Å². The standard InChI is InChI=1S/C19H24N2O3S/c1-14-6-5-7-17(12-14)20-19(22)10-11-21(25(4,23)24)18-13-15(2)8-9-16(18)3/h5-9,12-13H,10-11H2,1-4H3,(H,20,22). The summed E-state index contributed by atoms with van der Waals surface area (Å²) in [4.78, 5) is 12.2. The van der Waals surface area contributed by atoms with Crippen LogP contribution in [0, 0.1) is 20.8 Å². The number of anilines is 2. The summed E-state index contributed by atoms with van der Waals surface area (Å²) in [5.41, 5.74) is 4.20. The number of hydrogen-bond donors (Lipinski definition) is 1. The van der Waals surface area contributed by atoms with Crippen molar-refractivity contribution in [2.24, 2.45) is 0 Å². The van der Waals surface area contributed by atoms with Gasteiger partial charge in [-0.3, -0.25) is 9.10 Å². The van der Waals surface area contributed by atoms with Crippen LogP contribution in [-0.2, 0) is 14.8 Å². The molecule has 5 nitrogen and oxygen atoms in total. The van der Waals surface area contributed by atoms with Crippen molar-refractivity contribution < 1.29 is 13.2 Å². The van der Waals surface area contributed by atoms with E-state index in [4.69, 9.17) is 0 Å². The zero-order valence-electron chi connectivity index (χ0n) is 15.0. The lowest BCUT2D eigenvalue weighted by molar-refractivity contribution is -0.116. The molecule has 2 rings (SSSR count). The minimum atomic E-state index is -3.48. The van der Waals surface area contributed by atoms with Crippen molar-refractivity contribution in [1.82, 2.24) is 0 Å². The van der Waals surface area contributed by atoms with Gasteiger partial charge >= 0.3 is 0 Å². The van der Waals surface area contributed by atoms with E-state index in [0.29, 0.717) is 11.4 Å². The SMILES string of the molecule is Cc1cccc(NC(=O)CCN(c2cc(C)ccc2C)S(C)(=O)=O)c1. The molecule has 0 aliphatic heterocycles. The molecule has 1 amide bonds. The molecule has 134 valence electrons. The Balaban J connectivity index is 2.13. The number of hydrogen-bond acceptors (Lipinski definition) is 3. The van der Waals surface area contributed by atoms with Gasteiger partial charge in [0.05, 0.1) is 11.9 Å². The molecule has 2 aromatic carbocycles. The van der Waals surface area contributed by atoms with Crippen molar-refractivity contribution in [3.63, 3.8) is 0 Å². The van der Waals surface area contributed by atoms with Crippen LogP contribution >= 0.6 is 0 Å². The van der Waals surface area contributed by atoms with E-state index in [0.717, 1.165) is 22.9 Å². The average molecular weight is 360 g/mol. The molecule has 0 aromatic heterocycles. The Morgan fingerprint density at radius 1 is 1.04 bits per heavy atom. The number of sulfonamides is 1.